The van der Waals surface area contributed by atoms with E-state index < -0.39 is 15.8 Å². The fourth-order valence-electron chi connectivity index (χ4n) is 1.94. The summed E-state index contributed by atoms with van der Waals surface area (Å²) in [5, 5.41) is 4.14. The molecule has 114 valence electrons. The molecule has 1 heterocycles. The number of nitrogens with one attached hydrogen (secondary N) is 1. The van der Waals surface area contributed by atoms with E-state index in [0.717, 1.165) is 11.6 Å². The molecule has 0 bridgehead atoms. The summed E-state index contributed by atoms with van der Waals surface area (Å²) in [6.45, 7) is 5.58. The normalized spacial score (nSPS) is 13.3. The van der Waals surface area contributed by atoms with Gasteiger partial charge in [-0.1, -0.05) is 6.07 Å². The van der Waals surface area contributed by atoms with Gasteiger partial charge in [0, 0.05) is 12.7 Å². The van der Waals surface area contributed by atoms with Crippen LogP contribution < -0.4 is 4.72 Å². The van der Waals surface area contributed by atoms with Crippen LogP contribution in [0.25, 0.3) is 0 Å². The first-order chi connectivity index (χ1) is 9.79. The SMILES string of the molecule is Cc1cnn([C@H](C)CNS(=O)(=O)c2cc(F)ccc2C)c1. The minimum Gasteiger partial charge on any atom is -0.268 e. The third-order valence-corrected chi connectivity index (χ3v) is 4.76. The van der Waals surface area contributed by atoms with Crippen molar-refractivity contribution in [2.24, 2.45) is 0 Å². The molecule has 0 amide bonds. The van der Waals surface area contributed by atoms with Gasteiger partial charge in [0.25, 0.3) is 0 Å². The zero-order valence-electron chi connectivity index (χ0n) is 12.2. The van der Waals surface area contributed by atoms with Gasteiger partial charge in [0.05, 0.1) is 17.1 Å². The molecule has 0 fully saturated rings. The van der Waals surface area contributed by atoms with Gasteiger partial charge in [0.2, 0.25) is 10.0 Å². The van der Waals surface area contributed by atoms with Gasteiger partial charge in [0.1, 0.15) is 5.82 Å². The second-order valence-electron chi connectivity index (χ2n) is 5.11. The lowest BCUT2D eigenvalue weighted by Gasteiger charge is -2.14. The van der Waals surface area contributed by atoms with Crippen molar-refractivity contribution in [3.63, 3.8) is 0 Å². The van der Waals surface area contributed by atoms with Crippen molar-refractivity contribution in [1.29, 1.82) is 0 Å². The van der Waals surface area contributed by atoms with Crippen molar-refractivity contribution in [3.05, 3.63) is 47.5 Å². The Morgan fingerprint density at radius 2 is 2.10 bits per heavy atom. The maximum atomic E-state index is 13.2. The highest BCUT2D eigenvalue weighted by molar-refractivity contribution is 7.89. The summed E-state index contributed by atoms with van der Waals surface area (Å²) >= 11 is 0. The monoisotopic (exact) mass is 311 g/mol. The summed E-state index contributed by atoms with van der Waals surface area (Å²) < 4.78 is 41.9. The van der Waals surface area contributed by atoms with E-state index >= 15 is 0 Å². The van der Waals surface area contributed by atoms with Crippen LogP contribution in [0.1, 0.15) is 24.1 Å². The molecular weight excluding hydrogens is 293 g/mol. The minimum absolute atomic E-state index is 0.0358. The molecule has 2 rings (SSSR count). The lowest BCUT2D eigenvalue weighted by Crippen LogP contribution is -2.30. The van der Waals surface area contributed by atoms with Crippen LogP contribution in [-0.4, -0.2) is 24.7 Å². The maximum Gasteiger partial charge on any atom is 0.241 e. The van der Waals surface area contributed by atoms with E-state index in [1.165, 1.54) is 12.1 Å². The Labute approximate surface area is 123 Å². The van der Waals surface area contributed by atoms with Crippen molar-refractivity contribution in [1.82, 2.24) is 14.5 Å². The summed E-state index contributed by atoms with van der Waals surface area (Å²) in [6, 6.07) is 3.58. The third-order valence-electron chi connectivity index (χ3n) is 3.19. The Hall–Kier alpha value is -1.73. The average molecular weight is 311 g/mol. The zero-order valence-corrected chi connectivity index (χ0v) is 13.0. The summed E-state index contributed by atoms with van der Waals surface area (Å²) in [4.78, 5) is -0.0358. The van der Waals surface area contributed by atoms with Crippen LogP contribution in [0.2, 0.25) is 0 Å². The molecule has 0 spiro atoms. The quantitative estimate of drug-likeness (QED) is 0.920. The fourth-order valence-corrected chi connectivity index (χ4v) is 3.31. The highest BCUT2D eigenvalue weighted by Gasteiger charge is 2.19. The van der Waals surface area contributed by atoms with Crippen LogP contribution >= 0.6 is 0 Å². The van der Waals surface area contributed by atoms with Crippen molar-refractivity contribution >= 4 is 10.0 Å². The van der Waals surface area contributed by atoms with Gasteiger partial charge >= 0.3 is 0 Å². The highest BCUT2D eigenvalue weighted by Crippen LogP contribution is 2.16. The smallest absolute Gasteiger partial charge is 0.241 e. The maximum absolute atomic E-state index is 13.2. The van der Waals surface area contributed by atoms with Gasteiger partial charge < -0.3 is 0 Å². The summed E-state index contributed by atoms with van der Waals surface area (Å²) in [7, 11) is -3.74. The molecule has 0 radical (unpaired) electrons. The van der Waals surface area contributed by atoms with Gasteiger partial charge in [-0.2, -0.15) is 5.10 Å². The molecule has 1 N–H and O–H groups in total. The molecule has 1 aromatic heterocycles. The number of rotatable bonds is 5. The van der Waals surface area contributed by atoms with E-state index in [0.29, 0.717) is 5.56 Å². The Morgan fingerprint density at radius 3 is 2.71 bits per heavy atom. The number of hydrogen-bond donors (Lipinski definition) is 1. The Kier molecular flexibility index (Phi) is 4.43. The van der Waals surface area contributed by atoms with Crippen LogP contribution in [0.5, 0.6) is 0 Å². The standard InChI is InChI=1S/C14H18FN3O2S/c1-10-7-16-18(9-10)12(3)8-17-21(19,20)14-6-13(15)5-4-11(14)2/h4-7,9,12,17H,8H2,1-3H3/t12-/m1/s1. The molecule has 5 nitrogen and oxygen atoms in total. The third kappa shape index (κ3) is 3.68. The first kappa shape index (κ1) is 15.7. The lowest BCUT2D eigenvalue weighted by molar-refractivity contribution is 0.478. The Bertz CT molecular complexity index is 740. The number of aryl methyl sites for hydroxylation is 2. The number of hydrogen-bond acceptors (Lipinski definition) is 3. The van der Waals surface area contributed by atoms with E-state index in [1.54, 1.807) is 17.8 Å². The van der Waals surface area contributed by atoms with E-state index in [-0.39, 0.29) is 17.5 Å². The van der Waals surface area contributed by atoms with E-state index in [2.05, 4.69) is 9.82 Å². The Balaban J connectivity index is 2.13. The predicted molar refractivity (Wildman–Crippen MR) is 78.0 cm³/mol. The largest absolute Gasteiger partial charge is 0.268 e. The number of aromatic nitrogens is 2. The fraction of sp³-hybridized carbons (Fsp3) is 0.357. The van der Waals surface area contributed by atoms with Crippen LogP contribution in [-0.2, 0) is 10.0 Å². The molecule has 2 aromatic rings. The highest BCUT2D eigenvalue weighted by atomic mass is 32.2. The number of halogens is 1. The van der Waals surface area contributed by atoms with Crippen LogP contribution in [0.15, 0.2) is 35.5 Å². The van der Waals surface area contributed by atoms with Crippen molar-refractivity contribution in [2.75, 3.05) is 6.54 Å². The van der Waals surface area contributed by atoms with Gasteiger partial charge in [-0.05, 0) is 44.0 Å². The molecule has 7 heteroatoms. The molecule has 0 aliphatic heterocycles. The first-order valence-electron chi connectivity index (χ1n) is 6.56. The van der Waals surface area contributed by atoms with E-state index in [1.807, 2.05) is 20.0 Å². The topological polar surface area (TPSA) is 64.0 Å². The van der Waals surface area contributed by atoms with Gasteiger partial charge in [-0.25, -0.2) is 17.5 Å². The molecule has 1 aromatic carbocycles. The predicted octanol–water partition coefficient (Wildman–Crippen LogP) is 2.18. The molecule has 0 saturated heterocycles. The molecule has 0 saturated carbocycles. The second kappa shape index (κ2) is 5.95. The molecular formula is C14H18FN3O2S. The first-order valence-corrected chi connectivity index (χ1v) is 8.04. The minimum atomic E-state index is -3.74. The van der Waals surface area contributed by atoms with Crippen molar-refractivity contribution < 1.29 is 12.8 Å². The lowest BCUT2D eigenvalue weighted by atomic mass is 10.2. The number of sulfonamides is 1. The number of benzene rings is 1. The van der Waals surface area contributed by atoms with Crippen molar-refractivity contribution in [2.45, 2.75) is 31.7 Å². The van der Waals surface area contributed by atoms with Crippen molar-refractivity contribution in [3.8, 4) is 0 Å². The molecule has 21 heavy (non-hydrogen) atoms. The molecule has 0 aliphatic rings. The second-order valence-corrected chi connectivity index (χ2v) is 6.84. The summed E-state index contributed by atoms with van der Waals surface area (Å²) in [5.74, 6) is -0.572. The van der Waals surface area contributed by atoms with Crippen LogP contribution in [0.3, 0.4) is 0 Å². The summed E-state index contributed by atoms with van der Waals surface area (Å²) in [5.41, 5.74) is 1.51. The zero-order chi connectivity index (χ0) is 15.6. The molecule has 0 unspecified atom stereocenters. The van der Waals surface area contributed by atoms with Gasteiger partial charge in [-0.15, -0.1) is 0 Å². The van der Waals surface area contributed by atoms with Gasteiger partial charge in [0.15, 0.2) is 0 Å². The average Bonchev–Trinajstić information content (AvgIpc) is 2.85. The van der Waals surface area contributed by atoms with Crippen LogP contribution in [0, 0.1) is 19.7 Å². The number of nitrogens with zero attached hydrogens (tertiary/aromatic N) is 2. The van der Waals surface area contributed by atoms with Gasteiger partial charge in [-0.3, -0.25) is 4.68 Å². The Morgan fingerprint density at radius 1 is 1.38 bits per heavy atom. The van der Waals surface area contributed by atoms with E-state index in [9.17, 15) is 12.8 Å². The summed E-state index contributed by atoms with van der Waals surface area (Å²) in [6.07, 6.45) is 3.55. The van der Waals surface area contributed by atoms with E-state index in [4.69, 9.17) is 0 Å². The molecule has 0 aliphatic carbocycles. The van der Waals surface area contributed by atoms with Crippen LogP contribution in [0.4, 0.5) is 4.39 Å². The molecule has 1 atom stereocenters.